The fourth-order valence-corrected chi connectivity index (χ4v) is 3.66. The molecule has 0 unspecified atom stereocenters. The van der Waals surface area contributed by atoms with Crippen molar-refractivity contribution >= 4 is 10.9 Å². The summed E-state index contributed by atoms with van der Waals surface area (Å²) in [6.45, 7) is 2.28. The van der Waals surface area contributed by atoms with E-state index in [1.807, 2.05) is 12.3 Å². The Bertz CT molecular complexity index is 577. The third-order valence-electron chi connectivity index (χ3n) is 4.86. The van der Waals surface area contributed by atoms with Crippen molar-refractivity contribution in [2.75, 3.05) is 0 Å². The van der Waals surface area contributed by atoms with Crippen molar-refractivity contribution in [2.45, 2.75) is 51.0 Å². The molecule has 0 atom stereocenters. The van der Waals surface area contributed by atoms with Crippen molar-refractivity contribution < 1.29 is 0 Å². The molecule has 0 amide bonds. The molecule has 0 aliphatic heterocycles. The van der Waals surface area contributed by atoms with Crippen LogP contribution < -0.4 is 5.73 Å². The minimum atomic E-state index is -0.182. The Balaban J connectivity index is 1.91. The van der Waals surface area contributed by atoms with Crippen LogP contribution in [0.25, 0.3) is 10.9 Å². The second-order valence-corrected chi connectivity index (χ2v) is 6.27. The largest absolute Gasteiger partial charge is 0.321 e. The number of benzene rings is 1. The molecule has 2 N–H and O–H groups in total. The average Bonchev–Trinajstić information content (AvgIpc) is 2.49. The zero-order chi connectivity index (χ0) is 14.0. The average molecular weight is 268 g/mol. The summed E-state index contributed by atoms with van der Waals surface area (Å²) in [5.41, 5.74) is 8.91. The maximum absolute atomic E-state index is 6.76. The van der Waals surface area contributed by atoms with Crippen molar-refractivity contribution in [1.29, 1.82) is 0 Å². The molecule has 2 heteroatoms. The summed E-state index contributed by atoms with van der Waals surface area (Å²) >= 11 is 0. The molecule has 0 bridgehead atoms. The number of nitrogens with two attached hydrogens (primary N) is 1. The Morgan fingerprint density at radius 2 is 1.95 bits per heavy atom. The molecule has 3 rings (SSSR count). The maximum Gasteiger partial charge on any atom is 0.0752 e. The lowest BCUT2D eigenvalue weighted by Crippen LogP contribution is -2.40. The second-order valence-electron chi connectivity index (χ2n) is 6.27. The Morgan fingerprint density at radius 1 is 1.20 bits per heavy atom. The molecule has 0 saturated heterocycles. The Morgan fingerprint density at radius 3 is 2.70 bits per heavy atom. The third kappa shape index (κ3) is 2.45. The van der Waals surface area contributed by atoms with Crippen LogP contribution in [0.2, 0.25) is 0 Å². The van der Waals surface area contributed by atoms with E-state index in [-0.39, 0.29) is 5.54 Å². The number of nitrogens with zero attached hydrogens (tertiary/aromatic N) is 1. The molecule has 2 nitrogen and oxygen atoms in total. The van der Waals surface area contributed by atoms with Gasteiger partial charge in [0.05, 0.1) is 5.52 Å². The van der Waals surface area contributed by atoms with E-state index in [4.69, 9.17) is 5.73 Å². The fraction of sp³-hybridized carbons (Fsp3) is 0.500. The van der Waals surface area contributed by atoms with Gasteiger partial charge in [0.25, 0.3) is 0 Å². The van der Waals surface area contributed by atoms with Gasteiger partial charge in [-0.25, -0.2) is 0 Å². The van der Waals surface area contributed by atoms with Gasteiger partial charge in [-0.05, 0) is 43.2 Å². The Kier molecular flexibility index (Phi) is 3.75. The number of fused-ring (bicyclic) bond motifs is 1. The van der Waals surface area contributed by atoms with Crippen LogP contribution in [-0.2, 0) is 5.54 Å². The quantitative estimate of drug-likeness (QED) is 0.897. The van der Waals surface area contributed by atoms with E-state index < -0.39 is 0 Å². The predicted octanol–water partition coefficient (Wildman–Crippen LogP) is 4.38. The molecule has 1 heterocycles. The zero-order valence-corrected chi connectivity index (χ0v) is 12.3. The summed E-state index contributed by atoms with van der Waals surface area (Å²) in [5, 5.41) is 1.20. The van der Waals surface area contributed by atoms with Crippen LogP contribution in [-0.4, -0.2) is 4.98 Å². The van der Waals surface area contributed by atoms with Crippen molar-refractivity contribution in [3.05, 3.63) is 42.1 Å². The first-order chi connectivity index (χ1) is 9.73. The van der Waals surface area contributed by atoms with Crippen LogP contribution in [0.4, 0.5) is 0 Å². The SMILES string of the molecule is CCCC1CCC(N)(c2cccc3cccnc23)CC1. The van der Waals surface area contributed by atoms with Crippen molar-refractivity contribution in [2.24, 2.45) is 11.7 Å². The monoisotopic (exact) mass is 268 g/mol. The minimum Gasteiger partial charge on any atom is -0.321 e. The molecule has 1 aliphatic carbocycles. The van der Waals surface area contributed by atoms with Crippen LogP contribution >= 0.6 is 0 Å². The lowest BCUT2D eigenvalue weighted by atomic mass is 9.72. The first-order valence-corrected chi connectivity index (χ1v) is 7.86. The van der Waals surface area contributed by atoms with Crippen molar-refractivity contribution in [1.82, 2.24) is 4.98 Å². The highest BCUT2D eigenvalue weighted by molar-refractivity contribution is 5.82. The summed E-state index contributed by atoms with van der Waals surface area (Å²) in [6, 6.07) is 10.5. The molecule has 1 aromatic heterocycles. The highest BCUT2D eigenvalue weighted by atomic mass is 14.8. The van der Waals surface area contributed by atoms with Gasteiger partial charge in [-0.2, -0.15) is 0 Å². The molecule has 0 radical (unpaired) electrons. The van der Waals surface area contributed by atoms with E-state index >= 15 is 0 Å². The number of para-hydroxylation sites is 1. The smallest absolute Gasteiger partial charge is 0.0752 e. The lowest BCUT2D eigenvalue weighted by Gasteiger charge is -2.38. The molecule has 1 saturated carbocycles. The Hall–Kier alpha value is -1.41. The molecule has 20 heavy (non-hydrogen) atoms. The van der Waals surface area contributed by atoms with Crippen molar-refractivity contribution in [3.8, 4) is 0 Å². The van der Waals surface area contributed by atoms with E-state index in [1.54, 1.807) is 0 Å². The fourth-order valence-electron chi connectivity index (χ4n) is 3.66. The zero-order valence-electron chi connectivity index (χ0n) is 12.3. The van der Waals surface area contributed by atoms with Gasteiger partial charge in [0.15, 0.2) is 0 Å². The number of aromatic nitrogens is 1. The van der Waals surface area contributed by atoms with Gasteiger partial charge < -0.3 is 5.73 Å². The molecule has 1 aromatic carbocycles. The van der Waals surface area contributed by atoms with Gasteiger partial charge in [0, 0.05) is 17.1 Å². The topological polar surface area (TPSA) is 38.9 Å². The number of rotatable bonds is 3. The highest BCUT2D eigenvalue weighted by Crippen LogP contribution is 2.40. The number of hydrogen-bond donors (Lipinski definition) is 1. The molecular weight excluding hydrogens is 244 g/mol. The number of pyridine rings is 1. The highest BCUT2D eigenvalue weighted by Gasteiger charge is 2.34. The summed E-state index contributed by atoms with van der Waals surface area (Å²) in [5.74, 6) is 0.875. The molecule has 0 spiro atoms. The maximum atomic E-state index is 6.76. The minimum absolute atomic E-state index is 0.182. The van der Waals surface area contributed by atoms with Gasteiger partial charge in [0.1, 0.15) is 0 Å². The molecule has 106 valence electrons. The standard InChI is InChI=1S/C18H24N2/c1-2-5-14-9-11-18(19,12-10-14)16-8-3-6-15-7-4-13-20-17(15)16/h3-4,6-8,13-14H,2,5,9-12,19H2,1H3. The van der Waals surface area contributed by atoms with E-state index in [2.05, 4.69) is 36.2 Å². The van der Waals surface area contributed by atoms with Gasteiger partial charge >= 0.3 is 0 Å². The van der Waals surface area contributed by atoms with Crippen LogP contribution in [0.3, 0.4) is 0 Å². The predicted molar refractivity (Wildman–Crippen MR) is 84.5 cm³/mol. The molecule has 2 aromatic rings. The Labute approximate surface area is 121 Å². The van der Waals surface area contributed by atoms with E-state index in [9.17, 15) is 0 Å². The summed E-state index contributed by atoms with van der Waals surface area (Å²) in [6.07, 6.45) is 9.21. The van der Waals surface area contributed by atoms with Crippen LogP contribution in [0.5, 0.6) is 0 Å². The van der Waals surface area contributed by atoms with Gasteiger partial charge in [-0.1, -0.05) is 44.0 Å². The lowest BCUT2D eigenvalue weighted by molar-refractivity contribution is 0.227. The molecule has 1 fully saturated rings. The normalized spacial score (nSPS) is 26.8. The number of hydrogen-bond acceptors (Lipinski definition) is 2. The van der Waals surface area contributed by atoms with Crippen LogP contribution in [0.1, 0.15) is 51.0 Å². The first-order valence-electron chi connectivity index (χ1n) is 7.86. The summed E-state index contributed by atoms with van der Waals surface area (Å²) in [7, 11) is 0. The summed E-state index contributed by atoms with van der Waals surface area (Å²) < 4.78 is 0. The van der Waals surface area contributed by atoms with Crippen molar-refractivity contribution in [3.63, 3.8) is 0 Å². The molecular formula is C18H24N2. The van der Waals surface area contributed by atoms with Crippen LogP contribution in [0, 0.1) is 5.92 Å². The first kappa shape index (κ1) is 13.6. The summed E-state index contributed by atoms with van der Waals surface area (Å²) in [4.78, 5) is 4.58. The van der Waals surface area contributed by atoms with Gasteiger partial charge in [-0.3, -0.25) is 4.98 Å². The second kappa shape index (κ2) is 5.53. The van der Waals surface area contributed by atoms with Crippen LogP contribution in [0.15, 0.2) is 36.5 Å². The van der Waals surface area contributed by atoms with E-state index in [0.717, 1.165) is 24.3 Å². The van der Waals surface area contributed by atoms with E-state index in [0.29, 0.717) is 0 Å². The van der Waals surface area contributed by atoms with Gasteiger partial charge in [0.2, 0.25) is 0 Å². The molecule has 1 aliphatic rings. The van der Waals surface area contributed by atoms with Gasteiger partial charge in [-0.15, -0.1) is 0 Å². The third-order valence-corrected chi connectivity index (χ3v) is 4.86. The van der Waals surface area contributed by atoms with E-state index in [1.165, 1.54) is 36.6 Å².